The highest BCUT2D eigenvalue weighted by atomic mass is 16.5. The number of carbonyl (C=O) groups is 3. The van der Waals surface area contributed by atoms with E-state index in [4.69, 9.17) is 9.47 Å². The smallest absolute Gasteiger partial charge is 0.306 e. The van der Waals surface area contributed by atoms with E-state index in [0.29, 0.717) is 39.1 Å². The van der Waals surface area contributed by atoms with Crippen LogP contribution in [-0.2, 0) is 23.9 Å². The Labute approximate surface area is 291 Å². The van der Waals surface area contributed by atoms with Gasteiger partial charge in [-0.2, -0.15) is 0 Å². The number of amides is 1. The molecular formula is C40H78N2O5. The number of nitrogens with zero attached hydrogens (tertiary/aromatic N) is 2. The number of hydrogen-bond acceptors (Lipinski definition) is 6. The third-order valence-corrected chi connectivity index (χ3v) is 8.99. The molecule has 278 valence electrons. The summed E-state index contributed by atoms with van der Waals surface area (Å²) < 4.78 is 11.4. The van der Waals surface area contributed by atoms with Gasteiger partial charge in [0.1, 0.15) is 6.10 Å². The predicted octanol–water partition coefficient (Wildman–Crippen LogP) is 10.4. The van der Waals surface area contributed by atoms with E-state index in [1.165, 1.54) is 83.5 Å². The van der Waals surface area contributed by atoms with Gasteiger partial charge in [-0.1, -0.05) is 124 Å². The number of unbranched alkanes of at least 4 members (excludes halogenated alkanes) is 18. The number of ether oxygens (including phenoxy) is 2. The average molecular weight is 667 g/mol. The minimum atomic E-state index is -0.0945. The van der Waals surface area contributed by atoms with Crippen molar-refractivity contribution in [3.63, 3.8) is 0 Å². The molecule has 0 aromatic carbocycles. The molecule has 0 unspecified atom stereocenters. The van der Waals surface area contributed by atoms with Gasteiger partial charge in [0.25, 0.3) is 0 Å². The van der Waals surface area contributed by atoms with Gasteiger partial charge in [0.05, 0.1) is 13.2 Å². The summed E-state index contributed by atoms with van der Waals surface area (Å²) in [6.07, 6.45) is 29.1. The molecule has 0 saturated carbocycles. The summed E-state index contributed by atoms with van der Waals surface area (Å²) in [4.78, 5) is 41.5. The molecule has 0 aliphatic heterocycles. The van der Waals surface area contributed by atoms with Crippen molar-refractivity contribution in [3.8, 4) is 0 Å². The van der Waals surface area contributed by atoms with Crippen molar-refractivity contribution in [2.24, 2.45) is 0 Å². The second kappa shape index (κ2) is 34.2. The van der Waals surface area contributed by atoms with Crippen LogP contribution in [0.2, 0.25) is 0 Å². The Kier molecular flexibility index (Phi) is 33.1. The van der Waals surface area contributed by atoms with Crippen LogP contribution in [-0.4, -0.2) is 74.1 Å². The Balaban J connectivity index is 4.24. The maximum Gasteiger partial charge on any atom is 0.306 e. The highest BCUT2D eigenvalue weighted by Crippen LogP contribution is 2.17. The summed E-state index contributed by atoms with van der Waals surface area (Å²) in [5.41, 5.74) is 0. The average Bonchev–Trinajstić information content (AvgIpc) is 3.04. The lowest BCUT2D eigenvalue weighted by atomic mass is 10.0. The van der Waals surface area contributed by atoms with E-state index in [-0.39, 0.29) is 23.9 Å². The molecule has 0 saturated heterocycles. The first-order chi connectivity index (χ1) is 22.8. The molecular weight excluding hydrogens is 588 g/mol. The van der Waals surface area contributed by atoms with Gasteiger partial charge in [-0.05, 0) is 71.9 Å². The van der Waals surface area contributed by atoms with Crippen LogP contribution in [0.15, 0.2) is 0 Å². The molecule has 0 aromatic heterocycles. The molecule has 0 aliphatic rings. The summed E-state index contributed by atoms with van der Waals surface area (Å²) in [7, 11) is 3.84. The van der Waals surface area contributed by atoms with Gasteiger partial charge < -0.3 is 19.3 Å². The largest absolute Gasteiger partial charge is 0.466 e. The van der Waals surface area contributed by atoms with Crippen LogP contribution in [0.3, 0.4) is 0 Å². The topological polar surface area (TPSA) is 76.1 Å². The Morgan fingerprint density at radius 3 is 1.43 bits per heavy atom. The van der Waals surface area contributed by atoms with Crippen LogP contribution in [0.4, 0.5) is 0 Å². The molecule has 0 bridgehead atoms. The van der Waals surface area contributed by atoms with Gasteiger partial charge in [0, 0.05) is 25.9 Å². The number of carbonyl (C=O) groups excluding carboxylic acids is 3. The molecule has 1 amide bonds. The third kappa shape index (κ3) is 31.4. The molecule has 0 radical (unpaired) electrons. The molecule has 0 atom stereocenters. The van der Waals surface area contributed by atoms with Crippen LogP contribution in [0.5, 0.6) is 0 Å². The highest BCUT2D eigenvalue weighted by molar-refractivity contribution is 5.78. The minimum Gasteiger partial charge on any atom is -0.466 e. The summed E-state index contributed by atoms with van der Waals surface area (Å²) in [6, 6.07) is 0. The molecule has 0 fully saturated rings. The molecule has 0 rings (SSSR count). The first-order valence-electron chi connectivity index (χ1n) is 20.1. The first-order valence-corrected chi connectivity index (χ1v) is 20.1. The molecule has 0 heterocycles. The molecule has 0 aliphatic carbocycles. The van der Waals surface area contributed by atoms with Gasteiger partial charge in [-0.3, -0.25) is 14.4 Å². The van der Waals surface area contributed by atoms with Crippen LogP contribution in [0.1, 0.15) is 194 Å². The second-order valence-electron chi connectivity index (χ2n) is 14.1. The van der Waals surface area contributed by atoms with E-state index < -0.39 is 0 Å². The van der Waals surface area contributed by atoms with Crippen LogP contribution < -0.4 is 0 Å². The van der Waals surface area contributed by atoms with Crippen molar-refractivity contribution in [2.75, 3.05) is 40.3 Å². The van der Waals surface area contributed by atoms with Gasteiger partial charge in [-0.15, -0.1) is 0 Å². The fraction of sp³-hybridized carbons (Fsp3) is 0.925. The molecule has 0 aromatic rings. The predicted molar refractivity (Wildman–Crippen MR) is 198 cm³/mol. The summed E-state index contributed by atoms with van der Waals surface area (Å²) in [5.74, 6) is -0.0140. The quantitative estimate of drug-likeness (QED) is 0.0495. The van der Waals surface area contributed by atoms with E-state index in [1.54, 1.807) is 0 Å². The maximum atomic E-state index is 12.9. The van der Waals surface area contributed by atoms with Crippen molar-refractivity contribution in [1.29, 1.82) is 0 Å². The van der Waals surface area contributed by atoms with E-state index in [2.05, 4.69) is 20.8 Å². The Hall–Kier alpha value is -1.63. The third-order valence-electron chi connectivity index (χ3n) is 8.99. The lowest BCUT2D eigenvalue weighted by molar-refractivity contribution is -0.150. The van der Waals surface area contributed by atoms with E-state index in [9.17, 15) is 14.4 Å². The van der Waals surface area contributed by atoms with Crippen molar-refractivity contribution >= 4 is 17.8 Å². The fourth-order valence-electron chi connectivity index (χ4n) is 6.00. The monoisotopic (exact) mass is 667 g/mol. The molecule has 7 heteroatoms. The van der Waals surface area contributed by atoms with Gasteiger partial charge in [-0.25, -0.2) is 0 Å². The lowest BCUT2D eigenvalue weighted by Gasteiger charge is -2.24. The Morgan fingerprint density at radius 1 is 0.511 bits per heavy atom. The zero-order valence-corrected chi connectivity index (χ0v) is 31.9. The summed E-state index contributed by atoms with van der Waals surface area (Å²) in [5, 5.41) is 0. The first kappa shape index (κ1) is 45.4. The van der Waals surface area contributed by atoms with E-state index in [0.717, 1.165) is 77.0 Å². The molecule has 7 nitrogen and oxygen atoms in total. The number of esters is 2. The Morgan fingerprint density at radius 2 is 0.936 bits per heavy atom. The van der Waals surface area contributed by atoms with Crippen molar-refractivity contribution in [1.82, 2.24) is 9.80 Å². The fourth-order valence-corrected chi connectivity index (χ4v) is 6.00. The summed E-state index contributed by atoms with van der Waals surface area (Å²) in [6.45, 7) is 9.05. The maximum absolute atomic E-state index is 12.9. The number of likely N-dealkylation sites (N-methyl/N-ethyl adjacent to an activating group) is 1. The van der Waals surface area contributed by atoms with E-state index >= 15 is 0 Å². The van der Waals surface area contributed by atoms with Crippen LogP contribution >= 0.6 is 0 Å². The lowest BCUT2D eigenvalue weighted by Crippen LogP contribution is -2.39. The number of hydrogen-bond donors (Lipinski definition) is 0. The van der Waals surface area contributed by atoms with Gasteiger partial charge in [0.15, 0.2) is 0 Å². The van der Waals surface area contributed by atoms with E-state index in [1.807, 2.05) is 23.9 Å². The van der Waals surface area contributed by atoms with Crippen LogP contribution in [0.25, 0.3) is 0 Å². The zero-order valence-electron chi connectivity index (χ0n) is 31.9. The standard InChI is InChI=1S/C40H78N2O5/c1-6-9-12-15-16-17-18-19-28-35-46-39(44)31-24-20-26-33-42(38(43)36-41(4)5)34-27-21-25-32-40(45)47-37(29-22-13-10-7-2)30-23-14-11-8-3/h37H,6-36H2,1-5H3. The molecule has 0 N–H and O–H groups in total. The second-order valence-corrected chi connectivity index (χ2v) is 14.1. The summed E-state index contributed by atoms with van der Waals surface area (Å²) >= 11 is 0. The van der Waals surface area contributed by atoms with Crippen molar-refractivity contribution < 1.29 is 23.9 Å². The SMILES string of the molecule is CCCCCCCCCCCOC(=O)CCCCCN(CCCCCC(=O)OC(CCCCCC)CCCCCC)C(=O)CN(C)C. The minimum absolute atomic E-state index is 0.0618. The van der Waals surface area contributed by atoms with Crippen molar-refractivity contribution in [2.45, 2.75) is 200 Å². The number of rotatable bonds is 35. The Bertz CT molecular complexity index is 717. The highest BCUT2D eigenvalue weighted by Gasteiger charge is 2.16. The molecule has 0 spiro atoms. The van der Waals surface area contributed by atoms with Crippen molar-refractivity contribution in [3.05, 3.63) is 0 Å². The van der Waals surface area contributed by atoms with Gasteiger partial charge in [0.2, 0.25) is 5.91 Å². The molecule has 47 heavy (non-hydrogen) atoms. The van der Waals surface area contributed by atoms with Gasteiger partial charge >= 0.3 is 11.9 Å². The van der Waals surface area contributed by atoms with Crippen LogP contribution in [0, 0.1) is 0 Å². The normalized spacial score (nSPS) is 11.4. The zero-order chi connectivity index (χ0) is 34.8.